The first-order valence-corrected chi connectivity index (χ1v) is 5.34. The maximum Gasteiger partial charge on any atom is 0.251 e. The van der Waals surface area contributed by atoms with Gasteiger partial charge in [-0.3, -0.25) is 14.8 Å². The summed E-state index contributed by atoms with van der Waals surface area (Å²) in [4.78, 5) is 20.1. The van der Waals surface area contributed by atoms with Crippen molar-refractivity contribution in [3.63, 3.8) is 0 Å². The molecule has 1 aliphatic carbocycles. The minimum Gasteiger partial charge on any atom is -0.349 e. The highest BCUT2D eigenvalue weighted by Gasteiger charge is 2.23. The zero-order valence-corrected chi connectivity index (χ0v) is 8.68. The number of nitrogens with one attached hydrogen (secondary N) is 1. The fourth-order valence-corrected chi connectivity index (χ4v) is 1.60. The molecule has 0 atom stereocenters. The molecular formula is C12H11N3O. The van der Waals surface area contributed by atoms with Crippen LogP contribution in [0.1, 0.15) is 23.2 Å². The fraction of sp³-hybridized carbons (Fsp3) is 0.250. The van der Waals surface area contributed by atoms with Gasteiger partial charge in [0.05, 0.1) is 11.0 Å². The molecule has 0 aliphatic heterocycles. The third-order valence-corrected chi connectivity index (χ3v) is 2.64. The topological polar surface area (TPSA) is 54.9 Å². The number of amides is 1. The van der Waals surface area contributed by atoms with Gasteiger partial charge in [0, 0.05) is 24.0 Å². The Balaban J connectivity index is 1.94. The van der Waals surface area contributed by atoms with Crippen LogP contribution in [-0.2, 0) is 0 Å². The standard InChI is InChI=1S/C12H11N3O/c16-12(15-9-2-3-9)8-1-4-10-11(7-8)14-6-5-13-10/h1,4-7,9H,2-3H2,(H,15,16). The van der Waals surface area contributed by atoms with Crippen molar-refractivity contribution in [1.82, 2.24) is 15.3 Å². The average Bonchev–Trinajstić information content (AvgIpc) is 3.12. The van der Waals surface area contributed by atoms with Crippen molar-refractivity contribution < 1.29 is 4.79 Å². The second-order valence-corrected chi connectivity index (χ2v) is 4.01. The van der Waals surface area contributed by atoms with Gasteiger partial charge in [0.25, 0.3) is 5.91 Å². The molecule has 1 aromatic heterocycles. The first-order chi connectivity index (χ1) is 7.83. The molecule has 0 saturated heterocycles. The van der Waals surface area contributed by atoms with Crippen molar-refractivity contribution in [1.29, 1.82) is 0 Å². The summed E-state index contributed by atoms with van der Waals surface area (Å²) in [5.74, 6) is -0.0185. The van der Waals surface area contributed by atoms with E-state index in [1.54, 1.807) is 24.5 Å². The Labute approximate surface area is 92.7 Å². The van der Waals surface area contributed by atoms with E-state index in [2.05, 4.69) is 15.3 Å². The summed E-state index contributed by atoms with van der Waals surface area (Å²) in [6.07, 6.45) is 5.47. The van der Waals surface area contributed by atoms with Crippen LogP contribution < -0.4 is 5.32 Å². The number of carbonyl (C=O) groups is 1. The van der Waals surface area contributed by atoms with E-state index in [-0.39, 0.29) is 5.91 Å². The Kier molecular flexibility index (Phi) is 2.06. The molecule has 4 nitrogen and oxygen atoms in total. The first kappa shape index (κ1) is 9.27. The Morgan fingerprint density at radius 1 is 1.19 bits per heavy atom. The van der Waals surface area contributed by atoms with Gasteiger partial charge in [-0.2, -0.15) is 0 Å². The molecule has 0 unspecified atom stereocenters. The molecule has 1 amide bonds. The second kappa shape index (κ2) is 3.56. The smallest absolute Gasteiger partial charge is 0.251 e. The molecule has 1 heterocycles. The minimum absolute atomic E-state index is 0.0185. The van der Waals surface area contributed by atoms with Crippen molar-refractivity contribution in [3.8, 4) is 0 Å². The molecule has 80 valence electrons. The van der Waals surface area contributed by atoms with E-state index in [0.29, 0.717) is 11.6 Å². The molecule has 4 heteroatoms. The van der Waals surface area contributed by atoms with E-state index < -0.39 is 0 Å². The van der Waals surface area contributed by atoms with Gasteiger partial charge in [0.2, 0.25) is 0 Å². The van der Waals surface area contributed by atoms with Gasteiger partial charge in [-0.15, -0.1) is 0 Å². The van der Waals surface area contributed by atoms with Crippen LogP contribution in [0.3, 0.4) is 0 Å². The summed E-state index contributed by atoms with van der Waals surface area (Å²) < 4.78 is 0. The van der Waals surface area contributed by atoms with Crippen LogP contribution in [0.15, 0.2) is 30.6 Å². The number of carbonyl (C=O) groups excluding carboxylic acids is 1. The Morgan fingerprint density at radius 2 is 1.94 bits per heavy atom. The average molecular weight is 213 g/mol. The maximum atomic E-state index is 11.8. The molecule has 2 aromatic rings. The van der Waals surface area contributed by atoms with Crippen molar-refractivity contribution in [2.75, 3.05) is 0 Å². The summed E-state index contributed by atoms with van der Waals surface area (Å²) in [6, 6.07) is 5.77. The highest BCUT2D eigenvalue weighted by atomic mass is 16.1. The summed E-state index contributed by atoms with van der Waals surface area (Å²) >= 11 is 0. The summed E-state index contributed by atoms with van der Waals surface area (Å²) in [6.45, 7) is 0. The molecule has 1 aromatic carbocycles. The number of fused-ring (bicyclic) bond motifs is 1. The predicted octanol–water partition coefficient (Wildman–Crippen LogP) is 1.52. The number of rotatable bonds is 2. The maximum absolute atomic E-state index is 11.8. The molecule has 1 saturated carbocycles. The van der Waals surface area contributed by atoms with Crippen LogP contribution in [0.25, 0.3) is 11.0 Å². The highest BCUT2D eigenvalue weighted by molar-refractivity contribution is 5.97. The number of hydrogen-bond acceptors (Lipinski definition) is 3. The lowest BCUT2D eigenvalue weighted by Gasteiger charge is -2.03. The van der Waals surface area contributed by atoms with E-state index in [1.807, 2.05) is 6.07 Å². The van der Waals surface area contributed by atoms with E-state index in [1.165, 1.54) is 0 Å². The quantitative estimate of drug-likeness (QED) is 0.822. The highest BCUT2D eigenvalue weighted by Crippen LogP contribution is 2.19. The minimum atomic E-state index is -0.0185. The van der Waals surface area contributed by atoms with Crippen molar-refractivity contribution in [2.45, 2.75) is 18.9 Å². The van der Waals surface area contributed by atoms with E-state index in [4.69, 9.17) is 0 Å². The molecule has 1 fully saturated rings. The SMILES string of the molecule is O=C(NC1CC1)c1ccc2nccnc2c1. The number of hydrogen-bond donors (Lipinski definition) is 1. The van der Waals surface area contributed by atoms with Gasteiger partial charge in [-0.1, -0.05) is 0 Å². The second-order valence-electron chi connectivity index (χ2n) is 4.01. The third kappa shape index (κ3) is 1.74. The zero-order chi connectivity index (χ0) is 11.0. The van der Waals surface area contributed by atoms with Gasteiger partial charge in [-0.05, 0) is 31.0 Å². The van der Waals surface area contributed by atoms with Gasteiger partial charge < -0.3 is 5.32 Å². The van der Waals surface area contributed by atoms with Crippen LogP contribution in [0, 0.1) is 0 Å². The fourth-order valence-electron chi connectivity index (χ4n) is 1.60. The Hall–Kier alpha value is -1.97. The zero-order valence-electron chi connectivity index (χ0n) is 8.68. The van der Waals surface area contributed by atoms with Crippen molar-refractivity contribution in [3.05, 3.63) is 36.2 Å². The van der Waals surface area contributed by atoms with Gasteiger partial charge in [0.1, 0.15) is 0 Å². The molecule has 3 rings (SSSR count). The largest absolute Gasteiger partial charge is 0.349 e. The summed E-state index contributed by atoms with van der Waals surface area (Å²) in [5.41, 5.74) is 2.22. The van der Waals surface area contributed by atoms with Crippen LogP contribution in [-0.4, -0.2) is 21.9 Å². The summed E-state index contributed by atoms with van der Waals surface area (Å²) in [7, 11) is 0. The third-order valence-electron chi connectivity index (χ3n) is 2.64. The van der Waals surface area contributed by atoms with Gasteiger partial charge in [-0.25, -0.2) is 0 Å². The van der Waals surface area contributed by atoms with Gasteiger partial charge >= 0.3 is 0 Å². The molecule has 16 heavy (non-hydrogen) atoms. The van der Waals surface area contributed by atoms with Crippen LogP contribution in [0.2, 0.25) is 0 Å². The molecular weight excluding hydrogens is 202 g/mol. The lowest BCUT2D eigenvalue weighted by Crippen LogP contribution is -2.25. The molecule has 0 spiro atoms. The lowest BCUT2D eigenvalue weighted by molar-refractivity contribution is 0.0951. The van der Waals surface area contributed by atoms with E-state index in [9.17, 15) is 4.79 Å². The molecule has 0 bridgehead atoms. The first-order valence-electron chi connectivity index (χ1n) is 5.34. The predicted molar refractivity (Wildman–Crippen MR) is 60.0 cm³/mol. The lowest BCUT2D eigenvalue weighted by atomic mass is 10.2. The summed E-state index contributed by atoms with van der Waals surface area (Å²) in [5, 5.41) is 2.95. The number of aromatic nitrogens is 2. The van der Waals surface area contributed by atoms with Crippen molar-refractivity contribution >= 4 is 16.9 Å². The van der Waals surface area contributed by atoms with E-state index >= 15 is 0 Å². The van der Waals surface area contributed by atoms with Crippen LogP contribution in [0.5, 0.6) is 0 Å². The van der Waals surface area contributed by atoms with E-state index in [0.717, 1.165) is 23.9 Å². The molecule has 0 radical (unpaired) electrons. The van der Waals surface area contributed by atoms with Crippen LogP contribution >= 0.6 is 0 Å². The Bertz CT molecular complexity index is 549. The normalized spacial score (nSPS) is 15.0. The van der Waals surface area contributed by atoms with Crippen LogP contribution in [0.4, 0.5) is 0 Å². The van der Waals surface area contributed by atoms with Gasteiger partial charge in [0.15, 0.2) is 0 Å². The molecule has 1 N–H and O–H groups in total. The number of nitrogens with zero attached hydrogens (tertiary/aromatic N) is 2. The monoisotopic (exact) mass is 213 g/mol. The molecule has 1 aliphatic rings. The Morgan fingerprint density at radius 3 is 2.69 bits per heavy atom. The number of benzene rings is 1. The van der Waals surface area contributed by atoms with Crippen molar-refractivity contribution in [2.24, 2.45) is 0 Å².